The Bertz CT molecular complexity index is 1310. The van der Waals surface area contributed by atoms with Crippen LogP contribution in [0.25, 0.3) is 22.2 Å². The van der Waals surface area contributed by atoms with E-state index in [0.717, 1.165) is 20.9 Å². The van der Waals surface area contributed by atoms with Gasteiger partial charge in [0.2, 0.25) is 0 Å². The van der Waals surface area contributed by atoms with E-state index in [-0.39, 0.29) is 18.3 Å². The number of aliphatic hydroxyl groups is 1. The highest BCUT2D eigenvalue weighted by molar-refractivity contribution is 9.10. The molecule has 148 valence electrons. The number of fused-ring (bicyclic) bond motifs is 2. The van der Waals surface area contributed by atoms with Crippen LogP contribution in [0.3, 0.4) is 0 Å². The van der Waals surface area contributed by atoms with E-state index in [4.69, 9.17) is 4.98 Å². The fraction of sp³-hybridized carbons (Fsp3) is 0.0833. The smallest absolute Gasteiger partial charge is 0.256 e. The number of para-hydroxylation sites is 1. The summed E-state index contributed by atoms with van der Waals surface area (Å²) in [7, 11) is 0. The Balaban J connectivity index is 1.65. The summed E-state index contributed by atoms with van der Waals surface area (Å²) in [6.07, 6.45) is -1.03. The van der Waals surface area contributed by atoms with E-state index < -0.39 is 6.23 Å². The molecule has 6 heteroatoms. The number of amides is 1. The maximum absolute atomic E-state index is 13.9. The van der Waals surface area contributed by atoms with Crippen molar-refractivity contribution in [2.45, 2.75) is 12.8 Å². The second kappa shape index (κ2) is 7.31. The van der Waals surface area contributed by atoms with Crippen molar-refractivity contribution in [2.75, 3.05) is 0 Å². The molecular weight excluding hydrogens is 447 g/mol. The minimum atomic E-state index is -1.03. The lowest BCUT2D eigenvalue weighted by atomic mass is 10.0. The van der Waals surface area contributed by atoms with Gasteiger partial charge in [-0.2, -0.15) is 0 Å². The van der Waals surface area contributed by atoms with Gasteiger partial charge in [0.15, 0.2) is 6.23 Å². The van der Waals surface area contributed by atoms with Crippen molar-refractivity contribution in [3.8, 4) is 11.3 Å². The van der Waals surface area contributed by atoms with Gasteiger partial charge in [0.1, 0.15) is 5.82 Å². The predicted molar refractivity (Wildman–Crippen MR) is 116 cm³/mol. The number of carbonyl (C=O) groups excluding carboxylic acids is 1. The summed E-state index contributed by atoms with van der Waals surface area (Å²) < 4.78 is 14.8. The fourth-order valence-electron chi connectivity index (χ4n) is 3.90. The Morgan fingerprint density at radius 2 is 1.83 bits per heavy atom. The summed E-state index contributed by atoms with van der Waals surface area (Å²) in [5.41, 5.74) is 3.75. The molecule has 0 radical (unpaired) electrons. The molecule has 0 saturated carbocycles. The lowest BCUT2D eigenvalue weighted by Crippen LogP contribution is -2.27. The average molecular weight is 463 g/mol. The lowest BCUT2D eigenvalue weighted by molar-refractivity contribution is 0.0138. The summed E-state index contributed by atoms with van der Waals surface area (Å²) in [4.78, 5) is 19.1. The molecule has 0 fully saturated rings. The highest BCUT2D eigenvalue weighted by Crippen LogP contribution is 2.36. The van der Waals surface area contributed by atoms with Crippen molar-refractivity contribution in [1.29, 1.82) is 0 Å². The van der Waals surface area contributed by atoms with E-state index in [1.165, 1.54) is 17.0 Å². The number of hydrogen-bond acceptors (Lipinski definition) is 3. The van der Waals surface area contributed by atoms with Crippen LogP contribution in [0.5, 0.6) is 0 Å². The fourth-order valence-corrected chi connectivity index (χ4v) is 4.37. The molecule has 1 unspecified atom stereocenters. The number of rotatable bonds is 3. The molecule has 30 heavy (non-hydrogen) atoms. The maximum atomic E-state index is 13.9. The normalized spacial score (nSPS) is 15.6. The van der Waals surface area contributed by atoms with Crippen molar-refractivity contribution in [3.05, 3.63) is 99.8 Å². The summed E-state index contributed by atoms with van der Waals surface area (Å²) >= 11 is 3.53. The number of carbonyl (C=O) groups is 1. The van der Waals surface area contributed by atoms with Gasteiger partial charge in [0.25, 0.3) is 5.91 Å². The number of halogens is 2. The van der Waals surface area contributed by atoms with Crippen LogP contribution in [-0.4, -0.2) is 20.9 Å². The molecule has 1 amide bonds. The molecule has 1 N–H and O–H groups in total. The van der Waals surface area contributed by atoms with E-state index in [2.05, 4.69) is 15.9 Å². The van der Waals surface area contributed by atoms with Crippen molar-refractivity contribution in [2.24, 2.45) is 0 Å². The molecule has 0 saturated heterocycles. The molecular formula is C24H16BrFN2O2. The summed E-state index contributed by atoms with van der Waals surface area (Å²) in [6, 6.07) is 20.9. The molecule has 1 aromatic heterocycles. The molecule has 2 heterocycles. The van der Waals surface area contributed by atoms with Crippen LogP contribution in [0, 0.1) is 5.82 Å². The first-order valence-electron chi connectivity index (χ1n) is 9.45. The largest absolute Gasteiger partial charge is 0.369 e. The summed E-state index contributed by atoms with van der Waals surface area (Å²) in [6.45, 7) is 0.149. The minimum absolute atomic E-state index is 0.149. The van der Waals surface area contributed by atoms with Crippen LogP contribution in [-0.2, 0) is 6.54 Å². The molecule has 4 nitrogen and oxygen atoms in total. The first-order chi connectivity index (χ1) is 14.5. The van der Waals surface area contributed by atoms with E-state index in [1.54, 1.807) is 36.4 Å². The second-order valence-electron chi connectivity index (χ2n) is 7.21. The van der Waals surface area contributed by atoms with Gasteiger partial charge in [-0.3, -0.25) is 4.79 Å². The Morgan fingerprint density at radius 1 is 1.03 bits per heavy atom. The monoisotopic (exact) mass is 462 g/mol. The zero-order valence-electron chi connectivity index (χ0n) is 15.7. The van der Waals surface area contributed by atoms with Gasteiger partial charge in [-0.05, 0) is 51.8 Å². The average Bonchev–Trinajstić information content (AvgIpc) is 2.99. The second-order valence-corrected chi connectivity index (χ2v) is 8.07. The van der Waals surface area contributed by atoms with E-state index in [9.17, 15) is 14.3 Å². The molecule has 3 aromatic carbocycles. The topological polar surface area (TPSA) is 53.4 Å². The highest BCUT2D eigenvalue weighted by Gasteiger charge is 2.35. The number of nitrogens with zero attached hydrogens (tertiary/aromatic N) is 2. The molecule has 1 aliphatic rings. The molecule has 0 aliphatic carbocycles. The SMILES string of the molecule is O=C1c2ccccc2C(O)N1Cc1cc2cccc(Br)c2nc1-c1cccc(F)c1. The quantitative estimate of drug-likeness (QED) is 0.440. The van der Waals surface area contributed by atoms with Gasteiger partial charge in [0, 0.05) is 26.5 Å². The number of aliphatic hydroxyl groups excluding tert-OH is 1. The standard InChI is InChI=1S/C24H16BrFN2O2/c25-20-10-4-6-14-11-16(21(27-22(14)20)15-5-3-7-17(26)12-15)13-28-23(29)18-8-1-2-9-19(18)24(28)30/h1-12,23,29H,13H2. The summed E-state index contributed by atoms with van der Waals surface area (Å²) in [5, 5.41) is 11.6. The van der Waals surface area contributed by atoms with Crippen LogP contribution >= 0.6 is 15.9 Å². The third kappa shape index (κ3) is 3.09. The molecule has 0 bridgehead atoms. The van der Waals surface area contributed by atoms with Crippen molar-refractivity contribution in [1.82, 2.24) is 9.88 Å². The highest BCUT2D eigenvalue weighted by atomic mass is 79.9. The van der Waals surface area contributed by atoms with Gasteiger partial charge < -0.3 is 10.0 Å². The first kappa shape index (κ1) is 18.9. The number of hydrogen-bond donors (Lipinski definition) is 1. The maximum Gasteiger partial charge on any atom is 0.256 e. The Kier molecular flexibility index (Phi) is 4.60. The van der Waals surface area contributed by atoms with Crippen LogP contribution < -0.4 is 0 Å². The Labute approximate surface area is 180 Å². The predicted octanol–water partition coefficient (Wildman–Crippen LogP) is 5.45. The summed E-state index contributed by atoms with van der Waals surface area (Å²) in [5.74, 6) is -0.602. The molecule has 5 rings (SSSR count). The molecule has 4 aromatic rings. The molecule has 1 atom stereocenters. The molecule has 1 aliphatic heterocycles. The van der Waals surface area contributed by atoms with Gasteiger partial charge in [-0.1, -0.05) is 42.5 Å². The minimum Gasteiger partial charge on any atom is -0.369 e. The third-order valence-corrected chi connectivity index (χ3v) is 5.98. The van der Waals surface area contributed by atoms with Crippen LogP contribution in [0.2, 0.25) is 0 Å². The van der Waals surface area contributed by atoms with E-state index >= 15 is 0 Å². The van der Waals surface area contributed by atoms with Gasteiger partial charge >= 0.3 is 0 Å². The van der Waals surface area contributed by atoms with Crippen LogP contribution in [0.4, 0.5) is 4.39 Å². The molecule has 0 spiro atoms. The van der Waals surface area contributed by atoms with Crippen molar-refractivity contribution >= 4 is 32.7 Å². The van der Waals surface area contributed by atoms with Gasteiger partial charge in [0.05, 0.1) is 17.8 Å². The van der Waals surface area contributed by atoms with Crippen LogP contribution in [0.15, 0.2) is 77.3 Å². The van der Waals surface area contributed by atoms with Gasteiger partial charge in [-0.25, -0.2) is 9.37 Å². The zero-order chi connectivity index (χ0) is 20.8. The zero-order valence-corrected chi connectivity index (χ0v) is 17.3. The number of pyridine rings is 1. The van der Waals surface area contributed by atoms with Gasteiger partial charge in [-0.15, -0.1) is 0 Å². The first-order valence-corrected chi connectivity index (χ1v) is 10.2. The van der Waals surface area contributed by atoms with Crippen LogP contribution in [0.1, 0.15) is 27.7 Å². The number of aromatic nitrogens is 1. The van der Waals surface area contributed by atoms with E-state index in [1.807, 2.05) is 24.3 Å². The van der Waals surface area contributed by atoms with Crippen molar-refractivity contribution in [3.63, 3.8) is 0 Å². The Morgan fingerprint density at radius 3 is 2.63 bits per heavy atom. The Hall–Kier alpha value is -3.09. The third-order valence-electron chi connectivity index (χ3n) is 5.34. The number of benzene rings is 3. The van der Waals surface area contributed by atoms with E-state index in [0.29, 0.717) is 22.4 Å². The lowest BCUT2D eigenvalue weighted by Gasteiger charge is -2.23. The van der Waals surface area contributed by atoms with Crippen molar-refractivity contribution < 1.29 is 14.3 Å².